The Morgan fingerprint density at radius 3 is 1.32 bits per heavy atom. The molecule has 1 fully saturated rings. The Balaban J connectivity index is 1.56. The molecule has 0 spiro atoms. The molecule has 0 bridgehead atoms. The largest absolute Gasteiger partial charge is 0.141 e. The topological polar surface area (TPSA) is 0 Å². The molecule has 0 aliphatic carbocycles. The summed E-state index contributed by atoms with van der Waals surface area (Å²) in [6.45, 7) is 0. The van der Waals surface area contributed by atoms with Gasteiger partial charge in [-0.05, 0) is 80.4 Å². The lowest BCUT2D eigenvalue weighted by molar-refractivity contribution is 0.814. The van der Waals surface area contributed by atoms with Crippen LogP contribution in [0.15, 0.2) is 102 Å². The standard InChI is InChI=1S/C24H18Br2S5/c25-19-13-11-17(29-19)21-23(27-15-7-3-1-4-8-15)24(28-16-9-5-2-6-10-16)22(31-21)18-12-14-20(26)30-18/h1-14,21-24H. The summed E-state index contributed by atoms with van der Waals surface area (Å²) < 4.78 is 2.42. The third-order valence-corrected chi connectivity index (χ3v) is 13.7. The molecule has 2 aromatic heterocycles. The molecular formula is C24H18Br2S5. The van der Waals surface area contributed by atoms with Gasteiger partial charge >= 0.3 is 0 Å². The number of thioether (sulfide) groups is 3. The van der Waals surface area contributed by atoms with E-state index in [4.69, 9.17) is 0 Å². The molecule has 1 aliphatic rings. The molecule has 158 valence electrons. The van der Waals surface area contributed by atoms with E-state index in [2.05, 4.69) is 129 Å². The molecule has 31 heavy (non-hydrogen) atoms. The van der Waals surface area contributed by atoms with Gasteiger partial charge in [0.1, 0.15) is 0 Å². The number of hydrogen-bond donors (Lipinski definition) is 0. The number of rotatable bonds is 6. The minimum Gasteiger partial charge on any atom is -0.141 e. The van der Waals surface area contributed by atoms with Crippen molar-refractivity contribution >= 4 is 89.8 Å². The van der Waals surface area contributed by atoms with E-state index in [0.29, 0.717) is 21.0 Å². The molecule has 7 heteroatoms. The van der Waals surface area contributed by atoms with E-state index < -0.39 is 0 Å². The van der Waals surface area contributed by atoms with Gasteiger partial charge in [0.15, 0.2) is 0 Å². The first-order chi connectivity index (χ1) is 15.2. The highest BCUT2D eigenvalue weighted by molar-refractivity contribution is 9.11. The van der Waals surface area contributed by atoms with Crippen LogP contribution in [0.25, 0.3) is 0 Å². The third-order valence-electron chi connectivity index (χ3n) is 4.99. The van der Waals surface area contributed by atoms with Crippen molar-refractivity contribution < 1.29 is 0 Å². The van der Waals surface area contributed by atoms with Crippen molar-refractivity contribution in [2.24, 2.45) is 0 Å². The molecule has 1 aliphatic heterocycles. The van der Waals surface area contributed by atoms with Gasteiger partial charge in [-0.15, -0.1) is 58.0 Å². The zero-order chi connectivity index (χ0) is 21.2. The van der Waals surface area contributed by atoms with E-state index in [1.807, 2.05) is 46.2 Å². The van der Waals surface area contributed by atoms with Gasteiger partial charge in [-0.2, -0.15) is 0 Å². The number of hydrogen-bond acceptors (Lipinski definition) is 5. The lowest BCUT2D eigenvalue weighted by atomic mass is 10.1. The van der Waals surface area contributed by atoms with Crippen LogP contribution >= 0.6 is 89.8 Å². The average molecular weight is 627 g/mol. The lowest BCUT2D eigenvalue weighted by Crippen LogP contribution is -2.21. The Bertz CT molecular complexity index is 1040. The van der Waals surface area contributed by atoms with E-state index in [1.54, 1.807) is 0 Å². The Hall–Kier alpha value is -0.150. The maximum atomic E-state index is 3.69. The monoisotopic (exact) mass is 624 g/mol. The molecule has 3 heterocycles. The van der Waals surface area contributed by atoms with E-state index in [-0.39, 0.29) is 0 Å². The van der Waals surface area contributed by atoms with Gasteiger partial charge in [-0.25, -0.2) is 0 Å². The Morgan fingerprint density at radius 1 is 0.548 bits per heavy atom. The van der Waals surface area contributed by atoms with Crippen molar-refractivity contribution in [3.05, 3.63) is 102 Å². The van der Waals surface area contributed by atoms with Gasteiger partial charge in [0.05, 0.1) is 18.1 Å². The molecule has 0 saturated carbocycles. The molecule has 2 aromatic carbocycles. The van der Waals surface area contributed by atoms with Crippen LogP contribution < -0.4 is 0 Å². The quantitative estimate of drug-likeness (QED) is 0.209. The van der Waals surface area contributed by atoms with Crippen LogP contribution in [0.3, 0.4) is 0 Å². The van der Waals surface area contributed by atoms with Gasteiger partial charge in [0.25, 0.3) is 0 Å². The highest BCUT2D eigenvalue weighted by atomic mass is 79.9. The fraction of sp³-hybridized carbons (Fsp3) is 0.167. The molecule has 4 aromatic rings. The van der Waals surface area contributed by atoms with Gasteiger partial charge in [-0.1, -0.05) is 36.4 Å². The maximum Gasteiger partial charge on any atom is 0.0701 e. The van der Waals surface area contributed by atoms with Crippen LogP contribution in [-0.2, 0) is 0 Å². The lowest BCUT2D eigenvalue weighted by Gasteiger charge is -2.24. The zero-order valence-corrected chi connectivity index (χ0v) is 23.4. The van der Waals surface area contributed by atoms with Crippen molar-refractivity contribution in [3.8, 4) is 0 Å². The van der Waals surface area contributed by atoms with Crippen molar-refractivity contribution in [2.45, 2.75) is 30.8 Å². The average Bonchev–Trinajstić information content (AvgIpc) is 3.49. The second kappa shape index (κ2) is 10.4. The smallest absolute Gasteiger partial charge is 0.0701 e. The summed E-state index contributed by atoms with van der Waals surface area (Å²) in [5.41, 5.74) is 0. The van der Waals surface area contributed by atoms with E-state index in [9.17, 15) is 0 Å². The summed E-state index contributed by atoms with van der Waals surface area (Å²) >= 11 is 17.4. The Kier molecular flexibility index (Phi) is 7.60. The summed E-state index contributed by atoms with van der Waals surface area (Å²) in [6, 6.07) is 30.8. The first-order valence-electron chi connectivity index (χ1n) is 9.77. The molecule has 4 atom stereocenters. The van der Waals surface area contributed by atoms with Crippen LogP contribution in [-0.4, -0.2) is 10.5 Å². The maximum absolute atomic E-state index is 3.69. The van der Waals surface area contributed by atoms with E-state index >= 15 is 0 Å². The zero-order valence-electron chi connectivity index (χ0n) is 16.2. The van der Waals surface area contributed by atoms with Crippen molar-refractivity contribution in [3.63, 3.8) is 0 Å². The summed E-state index contributed by atoms with van der Waals surface area (Å²) in [5.74, 6) is 0. The van der Waals surface area contributed by atoms with Gasteiger partial charge in [-0.3, -0.25) is 0 Å². The minimum atomic E-state index is 0.452. The summed E-state index contributed by atoms with van der Waals surface area (Å²) in [4.78, 5) is 5.62. The Labute approximate surface area is 220 Å². The minimum absolute atomic E-state index is 0.452. The molecule has 0 nitrogen and oxygen atoms in total. The summed E-state index contributed by atoms with van der Waals surface area (Å²) in [6.07, 6.45) is 0. The van der Waals surface area contributed by atoms with Crippen LogP contribution in [0.1, 0.15) is 20.3 Å². The Morgan fingerprint density at radius 2 is 0.968 bits per heavy atom. The number of thiophene rings is 2. The van der Waals surface area contributed by atoms with Crippen LogP contribution in [0.2, 0.25) is 0 Å². The molecule has 1 saturated heterocycles. The summed E-state index contributed by atoms with van der Waals surface area (Å²) in [5, 5.41) is 1.84. The first-order valence-corrected chi connectivity index (χ1v) is 15.7. The van der Waals surface area contributed by atoms with Crippen molar-refractivity contribution in [1.82, 2.24) is 0 Å². The van der Waals surface area contributed by atoms with Gasteiger partial charge < -0.3 is 0 Å². The predicted molar refractivity (Wildman–Crippen MR) is 149 cm³/mol. The van der Waals surface area contributed by atoms with E-state index in [0.717, 1.165) is 0 Å². The van der Waals surface area contributed by atoms with Crippen LogP contribution in [0, 0.1) is 0 Å². The number of benzene rings is 2. The number of halogens is 2. The van der Waals surface area contributed by atoms with Crippen LogP contribution in [0.5, 0.6) is 0 Å². The second-order valence-corrected chi connectivity index (χ2v) is 15.8. The summed E-state index contributed by atoms with van der Waals surface area (Å²) in [7, 11) is 0. The normalized spacial score (nSPS) is 23.3. The van der Waals surface area contributed by atoms with Gasteiger partial charge in [0, 0.05) is 30.0 Å². The van der Waals surface area contributed by atoms with Gasteiger partial charge in [0.2, 0.25) is 0 Å². The SMILES string of the molecule is Brc1ccc(C2SC(c3ccc(Br)s3)C(Sc3ccccc3)C2Sc2ccccc2)s1. The predicted octanol–water partition coefficient (Wildman–Crippen LogP) is 10.2. The fourth-order valence-electron chi connectivity index (χ4n) is 3.65. The molecular weight excluding hydrogens is 608 g/mol. The molecule has 0 radical (unpaired) electrons. The fourth-order valence-corrected chi connectivity index (χ4v) is 12.4. The third kappa shape index (κ3) is 5.34. The molecule has 0 amide bonds. The molecule has 4 unspecified atom stereocenters. The second-order valence-electron chi connectivity index (χ2n) is 7.05. The van der Waals surface area contributed by atoms with Crippen molar-refractivity contribution in [2.75, 3.05) is 0 Å². The molecule has 5 rings (SSSR count). The van der Waals surface area contributed by atoms with E-state index in [1.165, 1.54) is 27.1 Å². The highest BCUT2D eigenvalue weighted by Crippen LogP contribution is 2.63. The van der Waals surface area contributed by atoms with Crippen LogP contribution in [0.4, 0.5) is 0 Å². The molecule has 0 N–H and O–H groups in total. The first kappa shape index (κ1) is 22.6. The van der Waals surface area contributed by atoms with Crippen molar-refractivity contribution in [1.29, 1.82) is 0 Å². The highest BCUT2D eigenvalue weighted by Gasteiger charge is 2.47.